The number of carbonyl (C=O) groups is 1. The molecular formula is C22H21F3N4O3. The summed E-state index contributed by atoms with van der Waals surface area (Å²) in [7, 11) is 1.99. The average Bonchev–Trinajstić information content (AvgIpc) is 3.09. The molecule has 10 heteroatoms. The molecule has 0 saturated carbocycles. The number of rotatable bonds is 4. The topological polar surface area (TPSA) is 103 Å². The molecule has 0 aliphatic rings. The summed E-state index contributed by atoms with van der Waals surface area (Å²) >= 11 is 0. The van der Waals surface area contributed by atoms with E-state index >= 15 is 0 Å². The molecule has 0 amide bonds. The number of nitrogens with zero attached hydrogens (tertiary/aromatic N) is 3. The van der Waals surface area contributed by atoms with E-state index < -0.39 is 12.1 Å². The lowest BCUT2D eigenvalue weighted by molar-refractivity contribution is -0.192. The lowest BCUT2D eigenvalue weighted by Gasteiger charge is -2.11. The fourth-order valence-corrected chi connectivity index (χ4v) is 3.37. The molecule has 0 spiro atoms. The van der Waals surface area contributed by atoms with Crippen LogP contribution in [0.2, 0.25) is 0 Å². The lowest BCUT2D eigenvalue weighted by atomic mass is 10.1. The Balaban J connectivity index is 0.000000360. The summed E-state index contributed by atoms with van der Waals surface area (Å²) in [6.07, 6.45) is -2.35. The summed E-state index contributed by atoms with van der Waals surface area (Å²) < 4.78 is 35.6. The minimum absolute atomic E-state index is 0.0662. The van der Waals surface area contributed by atoms with Crippen LogP contribution in [0, 0.1) is 0 Å². The van der Waals surface area contributed by atoms with E-state index in [1.54, 1.807) is 4.57 Å². The molecule has 7 nitrogen and oxygen atoms in total. The van der Waals surface area contributed by atoms with Gasteiger partial charge in [0.1, 0.15) is 5.69 Å². The number of nitrogens with two attached hydrogens (primary N) is 1. The van der Waals surface area contributed by atoms with Crippen LogP contribution in [0.5, 0.6) is 0 Å². The molecule has 4 rings (SSSR count). The van der Waals surface area contributed by atoms with Gasteiger partial charge in [-0.1, -0.05) is 30.3 Å². The van der Waals surface area contributed by atoms with Gasteiger partial charge in [0.05, 0.1) is 11.0 Å². The van der Waals surface area contributed by atoms with Gasteiger partial charge in [0.25, 0.3) is 5.56 Å². The van der Waals surface area contributed by atoms with Gasteiger partial charge in [0.2, 0.25) is 0 Å². The molecule has 3 N–H and O–H groups in total. The molecule has 32 heavy (non-hydrogen) atoms. The van der Waals surface area contributed by atoms with Crippen LogP contribution < -0.4 is 11.3 Å². The highest BCUT2D eigenvalue weighted by Crippen LogP contribution is 2.28. The molecule has 0 radical (unpaired) electrons. The van der Waals surface area contributed by atoms with Crippen molar-refractivity contribution in [1.29, 1.82) is 0 Å². The molecule has 0 aliphatic carbocycles. The number of fused-ring (bicyclic) bond motifs is 2. The van der Waals surface area contributed by atoms with Gasteiger partial charge in [-0.25, -0.2) is 9.78 Å². The molecule has 168 valence electrons. The molecule has 4 aromatic rings. The monoisotopic (exact) mass is 446 g/mol. The summed E-state index contributed by atoms with van der Waals surface area (Å²) in [5.41, 5.74) is 9.72. The van der Waals surface area contributed by atoms with Gasteiger partial charge in [-0.15, -0.1) is 0 Å². The zero-order valence-electron chi connectivity index (χ0n) is 17.1. The maximum atomic E-state index is 13.2. The summed E-state index contributed by atoms with van der Waals surface area (Å²) in [5.74, 6) is -2.76. The second-order valence-corrected chi connectivity index (χ2v) is 7.02. The minimum atomic E-state index is -5.08. The second kappa shape index (κ2) is 9.23. The molecular weight excluding hydrogens is 425 g/mol. The summed E-state index contributed by atoms with van der Waals surface area (Å²) in [6.45, 7) is 1.14. The number of para-hydroxylation sites is 3. The van der Waals surface area contributed by atoms with Gasteiger partial charge < -0.3 is 20.0 Å². The Bertz CT molecular complexity index is 1330. The SMILES string of the molecule is Cn1cc(-c2nc3ccccc3n(CCCN)c2=O)c2ccccc21.O=C(O)C(F)(F)F. The van der Waals surface area contributed by atoms with E-state index in [-0.39, 0.29) is 5.56 Å². The normalized spacial score (nSPS) is 11.4. The Kier molecular flexibility index (Phi) is 6.64. The molecule has 0 saturated heterocycles. The quantitative estimate of drug-likeness (QED) is 0.499. The number of aryl methyl sites for hydroxylation is 2. The number of benzene rings is 2. The van der Waals surface area contributed by atoms with Crippen molar-refractivity contribution in [3.63, 3.8) is 0 Å². The molecule has 0 unspecified atom stereocenters. The molecule has 0 bridgehead atoms. The molecule has 2 aromatic carbocycles. The minimum Gasteiger partial charge on any atom is -0.475 e. The Morgan fingerprint density at radius 1 is 1.09 bits per heavy atom. The van der Waals surface area contributed by atoms with Crippen LogP contribution in [0.3, 0.4) is 0 Å². The Morgan fingerprint density at radius 2 is 1.69 bits per heavy atom. The lowest BCUT2D eigenvalue weighted by Crippen LogP contribution is -2.24. The summed E-state index contributed by atoms with van der Waals surface area (Å²) in [4.78, 5) is 26.8. The van der Waals surface area contributed by atoms with Gasteiger partial charge in [-0.3, -0.25) is 4.79 Å². The number of carboxylic acids is 1. The van der Waals surface area contributed by atoms with Crippen molar-refractivity contribution in [1.82, 2.24) is 14.1 Å². The molecule has 2 aromatic heterocycles. The third kappa shape index (κ3) is 4.65. The largest absolute Gasteiger partial charge is 0.490 e. The zero-order chi connectivity index (χ0) is 23.5. The molecule has 0 aliphatic heterocycles. The van der Waals surface area contributed by atoms with Crippen molar-refractivity contribution in [3.8, 4) is 11.3 Å². The highest BCUT2D eigenvalue weighted by molar-refractivity contribution is 5.95. The Labute approximate surface area is 180 Å². The molecule has 0 fully saturated rings. The van der Waals surface area contributed by atoms with Crippen molar-refractivity contribution in [2.45, 2.75) is 19.1 Å². The van der Waals surface area contributed by atoms with Crippen molar-refractivity contribution < 1.29 is 23.1 Å². The molecule has 0 atom stereocenters. The predicted octanol–water partition coefficient (Wildman–Crippen LogP) is 3.54. The van der Waals surface area contributed by atoms with E-state index in [0.717, 1.165) is 33.9 Å². The Hall–Kier alpha value is -3.66. The van der Waals surface area contributed by atoms with Gasteiger partial charge in [-0.05, 0) is 31.2 Å². The van der Waals surface area contributed by atoms with Crippen molar-refractivity contribution in [3.05, 3.63) is 65.1 Å². The van der Waals surface area contributed by atoms with Gasteiger partial charge in [0, 0.05) is 36.3 Å². The average molecular weight is 446 g/mol. The maximum Gasteiger partial charge on any atom is 0.490 e. The Morgan fingerprint density at radius 3 is 2.31 bits per heavy atom. The van der Waals surface area contributed by atoms with Crippen molar-refractivity contribution in [2.75, 3.05) is 6.54 Å². The van der Waals surface area contributed by atoms with Crippen LogP contribution in [-0.2, 0) is 18.4 Å². The van der Waals surface area contributed by atoms with Crippen LogP contribution in [0.15, 0.2) is 59.5 Å². The van der Waals surface area contributed by atoms with Gasteiger partial charge in [0.15, 0.2) is 0 Å². The van der Waals surface area contributed by atoms with E-state index in [4.69, 9.17) is 20.6 Å². The zero-order valence-corrected chi connectivity index (χ0v) is 17.1. The van der Waals surface area contributed by atoms with Crippen molar-refractivity contribution in [2.24, 2.45) is 12.8 Å². The number of hydrogen-bond donors (Lipinski definition) is 2. The first kappa shape index (κ1) is 23.0. The number of hydrogen-bond acceptors (Lipinski definition) is 4. The number of alkyl halides is 3. The van der Waals surface area contributed by atoms with Crippen LogP contribution in [0.1, 0.15) is 6.42 Å². The van der Waals surface area contributed by atoms with Crippen LogP contribution >= 0.6 is 0 Å². The van der Waals surface area contributed by atoms with E-state index in [0.29, 0.717) is 18.8 Å². The van der Waals surface area contributed by atoms with Gasteiger partial charge in [-0.2, -0.15) is 13.2 Å². The van der Waals surface area contributed by atoms with Crippen LogP contribution in [-0.4, -0.2) is 37.9 Å². The van der Waals surface area contributed by atoms with Crippen LogP contribution in [0.4, 0.5) is 13.2 Å². The van der Waals surface area contributed by atoms with E-state index in [1.807, 2.05) is 66.3 Å². The fraction of sp³-hybridized carbons (Fsp3) is 0.227. The molecule has 2 heterocycles. The standard InChI is InChI=1S/C20H20N4O.C2HF3O2/c1-23-13-15(14-7-2-4-9-17(14)23)19-20(25)24(12-6-11-21)18-10-5-3-8-16(18)22-19;3-2(4,5)1(6)7/h2-5,7-10,13H,6,11-12,21H2,1H3;(H,6,7). The third-order valence-electron chi connectivity index (χ3n) is 4.83. The van der Waals surface area contributed by atoms with Gasteiger partial charge >= 0.3 is 12.1 Å². The van der Waals surface area contributed by atoms with Crippen molar-refractivity contribution >= 4 is 27.9 Å². The first-order valence-corrected chi connectivity index (χ1v) is 9.69. The number of aromatic nitrogens is 3. The second-order valence-electron chi connectivity index (χ2n) is 7.02. The van der Waals surface area contributed by atoms with E-state index in [1.165, 1.54) is 0 Å². The predicted molar refractivity (Wildman–Crippen MR) is 115 cm³/mol. The first-order chi connectivity index (χ1) is 15.1. The summed E-state index contributed by atoms with van der Waals surface area (Å²) in [6, 6.07) is 15.8. The number of halogens is 3. The fourth-order valence-electron chi connectivity index (χ4n) is 3.37. The summed E-state index contributed by atoms with van der Waals surface area (Å²) in [5, 5.41) is 8.16. The third-order valence-corrected chi connectivity index (χ3v) is 4.83. The highest BCUT2D eigenvalue weighted by atomic mass is 19.4. The number of carboxylic acid groups (broad SMARTS) is 1. The smallest absolute Gasteiger partial charge is 0.475 e. The highest BCUT2D eigenvalue weighted by Gasteiger charge is 2.38. The van der Waals surface area contributed by atoms with E-state index in [9.17, 15) is 18.0 Å². The number of aliphatic carboxylic acids is 1. The first-order valence-electron chi connectivity index (χ1n) is 9.69. The van der Waals surface area contributed by atoms with Crippen LogP contribution in [0.25, 0.3) is 33.2 Å². The van der Waals surface area contributed by atoms with E-state index in [2.05, 4.69) is 0 Å². The maximum absolute atomic E-state index is 13.2.